The summed E-state index contributed by atoms with van der Waals surface area (Å²) in [4.78, 5) is 25.2. The Morgan fingerprint density at radius 2 is 2.04 bits per heavy atom. The first-order valence-electron chi connectivity index (χ1n) is 8.60. The van der Waals surface area contributed by atoms with Crippen molar-refractivity contribution < 1.29 is 19.4 Å². The van der Waals surface area contributed by atoms with Crippen LogP contribution in [0.4, 0.5) is 10.5 Å². The van der Waals surface area contributed by atoms with E-state index in [1.807, 2.05) is 32.9 Å². The molecule has 0 radical (unpaired) electrons. The summed E-state index contributed by atoms with van der Waals surface area (Å²) in [6.07, 6.45) is 2.86. The summed E-state index contributed by atoms with van der Waals surface area (Å²) in [7, 11) is 0. The number of carbonyl (C=O) groups excluding carboxylic acids is 1. The number of rotatable bonds is 4. The molecule has 5 nitrogen and oxygen atoms in total. The first kappa shape index (κ1) is 16.8. The van der Waals surface area contributed by atoms with Gasteiger partial charge in [-0.3, -0.25) is 9.69 Å². The first-order valence-corrected chi connectivity index (χ1v) is 8.60. The van der Waals surface area contributed by atoms with Crippen LogP contribution in [0.2, 0.25) is 0 Å². The van der Waals surface area contributed by atoms with Crippen LogP contribution in [0, 0.1) is 5.92 Å². The molecule has 24 heavy (non-hydrogen) atoms. The molecule has 1 unspecified atom stereocenters. The Bertz CT molecular complexity index is 658. The summed E-state index contributed by atoms with van der Waals surface area (Å²) in [6, 6.07) is 6.01. The van der Waals surface area contributed by atoms with E-state index in [1.165, 1.54) is 0 Å². The predicted octanol–water partition coefficient (Wildman–Crippen LogP) is 3.95. The van der Waals surface area contributed by atoms with Crippen LogP contribution in [-0.2, 0) is 16.0 Å². The topological polar surface area (TPSA) is 66.8 Å². The molecule has 1 aromatic rings. The molecule has 1 heterocycles. The molecule has 1 aliphatic heterocycles. The lowest BCUT2D eigenvalue weighted by atomic mass is 9.89. The van der Waals surface area contributed by atoms with Gasteiger partial charge in [-0.1, -0.05) is 12.1 Å². The standard InChI is InChI=1S/C19H25NO4/c1-19(2,3)24-18(23)20-9-8-14-10-13(6-7-16(14)20)15(11-17(21)22)12-4-5-12/h6-7,10,12,15H,4-5,8-9,11H2,1-3H3,(H,21,22). The van der Waals surface area contributed by atoms with Crippen molar-refractivity contribution in [2.45, 2.75) is 58.0 Å². The minimum absolute atomic E-state index is 0.0865. The third kappa shape index (κ3) is 3.71. The van der Waals surface area contributed by atoms with E-state index in [2.05, 4.69) is 6.07 Å². The maximum absolute atomic E-state index is 12.3. The van der Waals surface area contributed by atoms with Crippen LogP contribution in [-0.4, -0.2) is 29.3 Å². The Morgan fingerprint density at radius 3 is 2.62 bits per heavy atom. The van der Waals surface area contributed by atoms with E-state index in [9.17, 15) is 9.59 Å². The number of nitrogens with zero attached hydrogens (tertiary/aromatic N) is 1. The fourth-order valence-electron chi connectivity index (χ4n) is 3.40. The van der Waals surface area contributed by atoms with Crippen LogP contribution in [0.1, 0.15) is 57.1 Å². The zero-order valence-electron chi connectivity index (χ0n) is 14.5. The summed E-state index contributed by atoms with van der Waals surface area (Å²) < 4.78 is 5.47. The van der Waals surface area contributed by atoms with Crippen molar-refractivity contribution in [1.29, 1.82) is 0 Å². The summed E-state index contributed by atoms with van der Waals surface area (Å²) >= 11 is 0. The maximum atomic E-state index is 12.3. The van der Waals surface area contributed by atoms with Crippen molar-refractivity contribution in [2.24, 2.45) is 5.92 Å². The Morgan fingerprint density at radius 1 is 1.33 bits per heavy atom. The van der Waals surface area contributed by atoms with Gasteiger partial charge in [0, 0.05) is 6.54 Å². The summed E-state index contributed by atoms with van der Waals surface area (Å²) in [5.74, 6) is -0.173. The molecule has 1 N–H and O–H groups in total. The highest BCUT2D eigenvalue weighted by molar-refractivity contribution is 5.90. The highest BCUT2D eigenvalue weighted by Gasteiger charge is 2.35. The largest absolute Gasteiger partial charge is 0.481 e. The van der Waals surface area contributed by atoms with Crippen LogP contribution < -0.4 is 4.90 Å². The number of anilines is 1. The lowest BCUT2D eigenvalue weighted by Gasteiger charge is -2.25. The predicted molar refractivity (Wildman–Crippen MR) is 91.4 cm³/mol. The number of benzene rings is 1. The lowest BCUT2D eigenvalue weighted by molar-refractivity contribution is -0.137. The molecule has 2 aliphatic rings. The van der Waals surface area contributed by atoms with Crippen molar-refractivity contribution >= 4 is 17.7 Å². The van der Waals surface area contributed by atoms with Gasteiger partial charge in [-0.05, 0) is 69.1 Å². The van der Waals surface area contributed by atoms with Gasteiger partial charge in [-0.2, -0.15) is 0 Å². The number of carboxylic acid groups (broad SMARTS) is 1. The van der Waals surface area contributed by atoms with Crippen LogP contribution in [0.15, 0.2) is 18.2 Å². The Kier molecular flexibility index (Phi) is 4.28. The van der Waals surface area contributed by atoms with E-state index < -0.39 is 11.6 Å². The molecule has 1 aromatic carbocycles. The van der Waals surface area contributed by atoms with Crippen LogP contribution in [0.3, 0.4) is 0 Å². The van der Waals surface area contributed by atoms with Crippen molar-refractivity contribution in [3.8, 4) is 0 Å². The molecule has 130 valence electrons. The smallest absolute Gasteiger partial charge is 0.414 e. The molecule has 3 rings (SSSR count). The Labute approximate surface area is 142 Å². The van der Waals surface area contributed by atoms with Gasteiger partial charge in [0.25, 0.3) is 0 Å². The van der Waals surface area contributed by atoms with Crippen molar-refractivity contribution in [3.63, 3.8) is 0 Å². The average Bonchev–Trinajstić information content (AvgIpc) is 3.21. The Hall–Kier alpha value is -2.04. The van der Waals surface area contributed by atoms with Gasteiger partial charge >= 0.3 is 12.1 Å². The summed E-state index contributed by atoms with van der Waals surface area (Å²) in [5, 5.41) is 9.17. The molecule has 0 aromatic heterocycles. The maximum Gasteiger partial charge on any atom is 0.414 e. The van der Waals surface area contributed by atoms with Gasteiger partial charge in [-0.25, -0.2) is 4.79 Å². The van der Waals surface area contributed by atoms with E-state index in [4.69, 9.17) is 9.84 Å². The third-order valence-corrected chi connectivity index (χ3v) is 4.63. The van der Waals surface area contributed by atoms with Gasteiger partial charge in [0.05, 0.1) is 12.1 Å². The number of fused-ring (bicyclic) bond motifs is 1. The van der Waals surface area contributed by atoms with Gasteiger partial charge < -0.3 is 9.84 Å². The van der Waals surface area contributed by atoms with Gasteiger partial charge in [0.1, 0.15) is 5.60 Å². The van der Waals surface area contributed by atoms with Gasteiger partial charge in [0.2, 0.25) is 0 Å². The number of carbonyl (C=O) groups is 2. The SMILES string of the molecule is CC(C)(C)OC(=O)N1CCc2cc(C(CC(=O)O)C3CC3)ccc21. The van der Waals surface area contributed by atoms with E-state index in [-0.39, 0.29) is 18.4 Å². The molecule has 1 atom stereocenters. The fraction of sp³-hybridized carbons (Fsp3) is 0.579. The molecule has 0 bridgehead atoms. The monoisotopic (exact) mass is 331 g/mol. The number of ether oxygens (including phenoxy) is 1. The van der Waals surface area contributed by atoms with Crippen LogP contribution in [0.25, 0.3) is 0 Å². The van der Waals surface area contributed by atoms with Crippen LogP contribution in [0.5, 0.6) is 0 Å². The van der Waals surface area contributed by atoms with Crippen molar-refractivity contribution in [2.75, 3.05) is 11.4 Å². The molecule has 0 spiro atoms. The quantitative estimate of drug-likeness (QED) is 0.907. The summed E-state index contributed by atoms with van der Waals surface area (Å²) in [6.45, 7) is 6.19. The average molecular weight is 331 g/mol. The zero-order valence-corrected chi connectivity index (χ0v) is 14.5. The highest BCUT2D eigenvalue weighted by Crippen LogP contribution is 2.45. The number of hydrogen-bond acceptors (Lipinski definition) is 3. The Balaban J connectivity index is 1.80. The second-order valence-corrected chi connectivity index (χ2v) is 7.81. The second kappa shape index (κ2) is 6.11. The normalized spacial score (nSPS) is 18.2. The molecule has 1 fully saturated rings. The molecule has 5 heteroatoms. The molecular weight excluding hydrogens is 306 g/mol. The highest BCUT2D eigenvalue weighted by atomic mass is 16.6. The molecule has 0 saturated heterocycles. The number of carboxylic acids is 1. The fourth-order valence-corrected chi connectivity index (χ4v) is 3.40. The third-order valence-electron chi connectivity index (χ3n) is 4.63. The van der Waals surface area contributed by atoms with E-state index in [0.29, 0.717) is 12.5 Å². The first-order chi connectivity index (χ1) is 11.2. The van der Waals surface area contributed by atoms with Crippen molar-refractivity contribution in [3.05, 3.63) is 29.3 Å². The minimum atomic E-state index is -0.747. The molecule has 1 aliphatic carbocycles. The second-order valence-electron chi connectivity index (χ2n) is 7.81. The number of hydrogen-bond donors (Lipinski definition) is 1. The van der Waals surface area contributed by atoms with E-state index >= 15 is 0 Å². The molecule has 1 amide bonds. The minimum Gasteiger partial charge on any atom is -0.481 e. The van der Waals surface area contributed by atoms with E-state index in [1.54, 1.807) is 4.90 Å². The molecule has 1 saturated carbocycles. The van der Waals surface area contributed by atoms with Crippen LogP contribution >= 0.6 is 0 Å². The summed E-state index contributed by atoms with van der Waals surface area (Å²) in [5.41, 5.74) is 2.56. The number of amides is 1. The number of aliphatic carboxylic acids is 1. The van der Waals surface area contributed by atoms with E-state index in [0.717, 1.165) is 36.1 Å². The molecular formula is C19H25NO4. The van der Waals surface area contributed by atoms with Gasteiger partial charge in [-0.15, -0.1) is 0 Å². The van der Waals surface area contributed by atoms with Gasteiger partial charge in [0.15, 0.2) is 0 Å². The van der Waals surface area contributed by atoms with Crippen molar-refractivity contribution in [1.82, 2.24) is 0 Å². The zero-order chi connectivity index (χ0) is 17.5. The lowest BCUT2D eigenvalue weighted by Crippen LogP contribution is -2.35.